The molecule has 8 nitrogen and oxygen atoms in total. The van der Waals surface area contributed by atoms with Crippen LogP contribution >= 0.6 is 0 Å². The molecule has 1 aromatic carbocycles. The number of ether oxygens (including phenoxy) is 2. The molecule has 2 heterocycles. The molecule has 154 valence electrons. The SMILES string of the molecule is COCCC(=O)N1CCC(c2nccnc2Oc2ccc(NC(C)=O)cc2)CC1. The minimum Gasteiger partial charge on any atom is -0.437 e. The van der Waals surface area contributed by atoms with Gasteiger partial charge in [0.25, 0.3) is 0 Å². The van der Waals surface area contributed by atoms with Crippen LogP contribution in [-0.4, -0.2) is 53.5 Å². The van der Waals surface area contributed by atoms with Crippen molar-refractivity contribution in [2.45, 2.75) is 32.1 Å². The number of anilines is 1. The summed E-state index contributed by atoms with van der Waals surface area (Å²) in [6.45, 7) is 3.29. The normalized spacial score (nSPS) is 14.5. The van der Waals surface area contributed by atoms with Gasteiger partial charge in [0.1, 0.15) is 11.4 Å². The predicted octanol–water partition coefficient (Wildman–Crippen LogP) is 2.97. The highest BCUT2D eigenvalue weighted by Gasteiger charge is 2.27. The maximum absolute atomic E-state index is 12.2. The molecular weight excluding hydrogens is 372 g/mol. The largest absolute Gasteiger partial charge is 0.437 e. The number of nitrogens with zero attached hydrogens (tertiary/aromatic N) is 3. The molecule has 29 heavy (non-hydrogen) atoms. The van der Waals surface area contributed by atoms with Crippen LogP contribution in [0.3, 0.4) is 0 Å². The zero-order chi connectivity index (χ0) is 20.6. The standard InChI is InChI=1S/C21H26N4O4/c1-15(26)24-17-3-5-18(6-4-17)29-21-20(22-10-11-23-21)16-7-12-25(13-8-16)19(27)9-14-28-2/h3-6,10-11,16H,7-9,12-14H2,1-2H3,(H,24,26). The van der Waals surface area contributed by atoms with Crippen molar-refractivity contribution < 1.29 is 19.1 Å². The molecule has 0 spiro atoms. The molecule has 0 bridgehead atoms. The zero-order valence-electron chi connectivity index (χ0n) is 16.8. The molecule has 0 aliphatic carbocycles. The van der Waals surface area contributed by atoms with Crippen molar-refractivity contribution in [1.29, 1.82) is 0 Å². The number of amides is 2. The smallest absolute Gasteiger partial charge is 0.241 e. The number of benzene rings is 1. The Balaban J connectivity index is 1.64. The summed E-state index contributed by atoms with van der Waals surface area (Å²) in [6.07, 6.45) is 5.31. The highest BCUT2D eigenvalue weighted by molar-refractivity contribution is 5.88. The number of rotatable bonds is 7. The quantitative estimate of drug-likeness (QED) is 0.771. The summed E-state index contributed by atoms with van der Waals surface area (Å²) in [5.41, 5.74) is 1.51. The molecule has 1 fully saturated rings. The van der Waals surface area contributed by atoms with Gasteiger partial charge in [0.2, 0.25) is 17.7 Å². The highest BCUT2D eigenvalue weighted by Crippen LogP contribution is 2.33. The van der Waals surface area contributed by atoms with Crippen LogP contribution in [0.2, 0.25) is 0 Å². The highest BCUT2D eigenvalue weighted by atomic mass is 16.5. The predicted molar refractivity (Wildman–Crippen MR) is 108 cm³/mol. The Bertz CT molecular complexity index is 833. The van der Waals surface area contributed by atoms with Gasteiger partial charge in [0, 0.05) is 51.1 Å². The first kappa shape index (κ1) is 20.7. The molecule has 8 heteroatoms. The third-order valence-corrected chi connectivity index (χ3v) is 4.83. The number of aromatic nitrogens is 2. The van der Waals surface area contributed by atoms with Gasteiger partial charge < -0.3 is 19.7 Å². The molecule has 1 aliphatic rings. The summed E-state index contributed by atoms with van der Waals surface area (Å²) in [6, 6.07) is 7.11. The molecule has 3 rings (SSSR count). The van der Waals surface area contributed by atoms with E-state index in [9.17, 15) is 9.59 Å². The Kier molecular flexibility index (Phi) is 7.13. The van der Waals surface area contributed by atoms with E-state index >= 15 is 0 Å². The Hall–Kier alpha value is -3.00. The van der Waals surface area contributed by atoms with Crippen LogP contribution in [0.25, 0.3) is 0 Å². The minimum absolute atomic E-state index is 0.123. The fourth-order valence-electron chi connectivity index (χ4n) is 3.37. The van der Waals surface area contributed by atoms with Crippen molar-refractivity contribution in [3.8, 4) is 11.6 Å². The number of carbonyl (C=O) groups excluding carboxylic acids is 2. The lowest BCUT2D eigenvalue weighted by atomic mass is 9.93. The number of likely N-dealkylation sites (tertiary alicyclic amines) is 1. The Morgan fingerprint density at radius 3 is 2.48 bits per heavy atom. The second-order valence-electron chi connectivity index (χ2n) is 6.95. The van der Waals surface area contributed by atoms with Gasteiger partial charge in [-0.3, -0.25) is 14.6 Å². The van der Waals surface area contributed by atoms with E-state index < -0.39 is 0 Å². The Morgan fingerprint density at radius 2 is 1.83 bits per heavy atom. The fraction of sp³-hybridized carbons (Fsp3) is 0.429. The van der Waals surface area contributed by atoms with Crippen LogP contribution in [0.4, 0.5) is 5.69 Å². The zero-order valence-corrected chi connectivity index (χ0v) is 16.8. The number of hydrogen-bond donors (Lipinski definition) is 1. The summed E-state index contributed by atoms with van der Waals surface area (Å²) < 4.78 is 11.0. The van der Waals surface area contributed by atoms with Crippen LogP contribution in [-0.2, 0) is 14.3 Å². The number of hydrogen-bond acceptors (Lipinski definition) is 6. The molecule has 2 amide bonds. The number of nitrogens with one attached hydrogen (secondary N) is 1. The van der Waals surface area contributed by atoms with Crippen molar-refractivity contribution in [3.05, 3.63) is 42.4 Å². The molecule has 1 saturated heterocycles. The van der Waals surface area contributed by atoms with Gasteiger partial charge in [-0.1, -0.05) is 0 Å². The second-order valence-corrected chi connectivity index (χ2v) is 6.95. The van der Waals surface area contributed by atoms with Crippen molar-refractivity contribution in [1.82, 2.24) is 14.9 Å². The van der Waals surface area contributed by atoms with Crippen LogP contribution in [0.1, 0.15) is 37.8 Å². The molecule has 0 unspecified atom stereocenters. The molecule has 1 aromatic heterocycles. The van der Waals surface area contributed by atoms with E-state index in [0.29, 0.717) is 43.4 Å². The van der Waals surface area contributed by atoms with Gasteiger partial charge in [0.15, 0.2) is 0 Å². The van der Waals surface area contributed by atoms with Crippen LogP contribution < -0.4 is 10.1 Å². The molecule has 1 aliphatic heterocycles. The lowest BCUT2D eigenvalue weighted by Gasteiger charge is -2.32. The third kappa shape index (κ3) is 5.74. The maximum Gasteiger partial charge on any atom is 0.241 e. The lowest BCUT2D eigenvalue weighted by molar-refractivity contribution is -0.133. The van der Waals surface area contributed by atoms with E-state index in [-0.39, 0.29) is 17.7 Å². The maximum atomic E-state index is 12.2. The Labute approximate surface area is 170 Å². The van der Waals surface area contributed by atoms with E-state index in [1.807, 2.05) is 4.90 Å². The lowest BCUT2D eigenvalue weighted by Crippen LogP contribution is -2.38. The number of carbonyl (C=O) groups is 2. The van der Waals surface area contributed by atoms with Crippen molar-refractivity contribution in [2.24, 2.45) is 0 Å². The Morgan fingerprint density at radius 1 is 1.14 bits per heavy atom. The van der Waals surface area contributed by atoms with Crippen LogP contribution in [0.5, 0.6) is 11.6 Å². The van der Waals surface area contributed by atoms with Crippen molar-refractivity contribution in [2.75, 3.05) is 32.1 Å². The molecule has 0 radical (unpaired) electrons. The third-order valence-electron chi connectivity index (χ3n) is 4.83. The number of methoxy groups -OCH3 is 1. The average molecular weight is 398 g/mol. The summed E-state index contributed by atoms with van der Waals surface area (Å²) in [7, 11) is 1.60. The van der Waals surface area contributed by atoms with Crippen molar-refractivity contribution >= 4 is 17.5 Å². The van der Waals surface area contributed by atoms with Gasteiger partial charge in [-0.2, -0.15) is 0 Å². The molecule has 0 atom stereocenters. The minimum atomic E-state index is -0.123. The van der Waals surface area contributed by atoms with Gasteiger partial charge in [0.05, 0.1) is 13.0 Å². The van der Waals surface area contributed by atoms with Gasteiger partial charge in [-0.05, 0) is 37.1 Å². The number of piperidine rings is 1. The van der Waals surface area contributed by atoms with E-state index in [4.69, 9.17) is 9.47 Å². The van der Waals surface area contributed by atoms with E-state index in [1.165, 1.54) is 6.92 Å². The average Bonchev–Trinajstić information content (AvgIpc) is 2.73. The summed E-state index contributed by atoms with van der Waals surface area (Å²) >= 11 is 0. The first-order valence-corrected chi connectivity index (χ1v) is 9.70. The first-order chi connectivity index (χ1) is 14.1. The van der Waals surface area contributed by atoms with E-state index in [2.05, 4.69) is 15.3 Å². The van der Waals surface area contributed by atoms with Gasteiger partial charge in [-0.25, -0.2) is 4.98 Å². The fourth-order valence-corrected chi connectivity index (χ4v) is 3.37. The van der Waals surface area contributed by atoms with Gasteiger partial charge in [-0.15, -0.1) is 0 Å². The summed E-state index contributed by atoms with van der Waals surface area (Å²) in [5.74, 6) is 1.28. The van der Waals surface area contributed by atoms with Gasteiger partial charge >= 0.3 is 0 Å². The second kappa shape index (κ2) is 9.97. The van der Waals surface area contributed by atoms with Crippen LogP contribution in [0, 0.1) is 0 Å². The molecular formula is C21H26N4O4. The molecule has 0 saturated carbocycles. The summed E-state index contributed by atoms with van der Waals surface area (Å²) in [4.78, 5) is 34.1. The van der Waals surface area contributed by atoms with E-state index in [1.54, 1.807) is 43.8 Å². The van der Waals surface area contributed by atoms with Crippen LogP contribution in [0.15, 0.2) is 36.7 Å². The van der Waals surface area contributed by atoms with Crippen molar-refractivity contribution in [3.63, 3.8) is 0 Å². The first-order valence-electron chi connectivity index (χ1n) is 9.70. The molecule has 2 aromatic rings. The molecule has 1 N–H and O–H groups in total. The summed E-state index contributed by atoms with van der Waals surface area (Å²) in [5, 5.41) is 2.72. The topological polar surface area (TPSA) is 93.7 Å². The monoisotopic (exact) mass is 398 g/mol. The van der Waals surface area contributed by atoms with E-state index in [0.717, 1.165) is 18.5 Å².